The Morgan fingerprint density at radius 3 is 1.92 bits per heavy atom. The molecule has 0 aliphatic carbocycles. The summed E-state index contributed by atoms with van der Waals surface area (Å²) in [5.74, 6) is -0.231. The Hall–Kier alpha value is -0.923. The van der Waals surface area contributed by atoms with Crippen LogP contribution < -0.4 is 4.43 Å². The van der Waals surface area contributed by atoms with Crippen molar-refractivity contribution in [3.8, 4) is 5.75 Å². The van der Waals surface area contributed by atoms with Gasteiger partial charge in [0.25, 0.3) is 5.79 Å². The highest BCUT2D eigenvalue weighted by molar-refractivity contribution is 6.74. The van der Waals surface area contributed by atoms with Crippen LogP contribution in [0, 0.1) is 5.41 Å². The summed E-state index contributed by atoms with van der Waals surface area (Å²) >= 11 is 0. The minimum absolute atomic E-state index is 0.107. The van der Waals surface area contributed by atoms with Gasteiger partial charge in [-0.1, -0.05) is 112 Å². The van der Waals surface area contributed by atoms with Crippen molar-refractivity contribution in [1.29, 1.82) is 0 Å². The van der Waals surface area contributed by atoms with Crippen LogP contribution in [0.1, 0.15) is 112 Å². The molecule has 214 valence electrons. The lowest BCUT2D eigenvalue weighted by Crippen LogP contribution is -2.73. The molecule has 0 spiro atoms. The summed E-state index contributed by atoms with van der Waals surface area (Å²) in [4.78, 5) is 11.8. The average Bonchev–Trinajstić information content (AvgIpc) is 2.78. The van der Waals surface area contributed by atoms with E-state index in [0.717, 1.165) is 17.7 Å². The molecule has 0 N–H and O–H groups in total. The molecule has 2 unspecified atom stereocenters. The summed E-state index contributed by atoms with van der Waals surface area (Å²) in [6.45, 7) is 21.1. The molecule has 1 saturated heterocycles. The molecule has 5 nitrogen and oxygen atoms in total. The van der Waals surface area contributed by atoms with Crippen molar-refractivity contribution in [2.45, 2.75) is 136 Å². The second kappa shape index (κ2) is 13.4. The first-order valence-corrected chi connectivity index (χ1v) is 17.5. The molecule has 2 rings (SSSR count). The van der Waals surface area contributed by atoms with Gasteiger partial charge in [-0.2, -0.15) is 4.89 Å². The molecule has 1 fully saturated rings. The monoisotopic (exact) mass is 536 g/mol. The predicted octanol–water partition coefficient (Wildman–Crippen LogP) is 9.16. The normalized spacial score (nSPS) is 22.6. The highest BCUT2D eigenvalue weighted by Gasteiger charge is 2.72. The Kier molecular flexibility index (Phi) is 11.7. The minimum atomic E-state index is -1.99. The van der Waals surface area contributed by atoms with E-state index >= 15 is 0 Å². The van der Waals surface area contributed by atoms with Crippen LogP contribution in [0.25, 0.3) is 0 Å². The van der Waals surface area contributed by atoms with Crippen LogP contribution in [0.4, 0.5) is 0 Å². The van der Waals surface area contributed by atoms with Crippen LogP contribution in [-0.2, 0) is 25.0 Å². The zero-order valence-electron chi connectivity index (χ0n) is 25.6. The fourth-order valence-electron chi connectivity index (χ4n) is 4.71. The van der Waals surface area contributed by atoms with Gasteiger partial charge < -0.3 is 13.9 Å². The van der Waals surface area contributed by atoms with E-state index in [1.807, 2.05) is 24.3 Å². The van der Waals surface area contributed by atoms with E-state index < -0.39 is 19.7 Å². The van der Waals surface area contributed by atoms with Gasteiger partial charge in [-0.05, 0) is 36.7 Å². The number of benzene rings is 1. The summed E-state index contributed by atoms with van der Waals surface area (Å²) in [5, 5.41) is 0.107. The Balaban J connectivity index is 2.05. The van der Waals surface area contributed by atoms with E-state index in [-0.39, 0.29) is 10.5 Å². The Bertz CT molecular complexity index is 809. The number of methoxy groups -OCH3 is 1. The molecule has 1 heterocycles. The molecule has 1 aliphatic heterocycles. The second-order valence-electron chi connectivity index (χ2n) is 13.3. The maximum Gasteiger partial charge on any atom is 0.263 e. The standard InChI is InChI=1S/C31H56O5Si/c1-11-12-13-14-15-16-17-18-19-23-33-25-30(28(2,3)4)31(32-8,36-35-30)26-21-20-22-27(24-26)34-37(9,10)29(5,6)7/h20-22,24H,11-19,23,25H2,1-10H3. The van der Waals surface area contributed by atoms with Crippen LogP contribution in [-0.4, -0.2) is 34.2 Å². The molecule has 0 aromatic heterocycles. The van der Waals surface area contributed by atoms with Crippen molar-refractivity contribution in [3.63, 3.8) is 0 Å². The number of hydrogen-bond acceptors (Lipinski definition) is 5. The molecule has 0 saturated carbocycles. The molecular formula is C31H56O5Si. The smallest absolute Gasteiger partial charge is 0.263 e. The summed E-state index contributed by atoms with van der Waals surface area (Å²) in [6.07, 6.45) is 11.7. The maximum atomic E-state index is 6.60. The molecule has 0 bridgehead atoms. The van der Waals surface area contributed by atoms with E-state index in [0.29, 0.717) is 13.2 Å². The van der Waals surface area contributed by atoms with Gasteiger partial charge in [-0.3, -0.25) is 0 Å². The molecular weight excluding hydrogens is 480 g/mol. The van der Waals surface area contributed by atoms with E-state index in [4.69, 9.17) is 23.7 Å². The highest BCUT2D eigenvalue weighted by Crippen LogP contribution is 2.58. The first kappa shape index (κ1) is 32.3. The molecule has 2 atom stereocenters. The molecule has 6 heteroatoms. The number of ether oxygens (including phenoxy) is 2. The third kappa shape index (κ3) is 7.60. The molecule has 1 aromatic carbocycles. The predicted molar refractivity (Wildman–Crippen MR) is 155 cm³/mol. The third-order valence-electron chi connectivity index (χ3n) is 8.42. The van der Waals surface area contributed by atoms with Crippen molar-refractivity contribution in [2.75, 3.05) is 20.3 Å². The lowest BCUT2D eigenvalue weighted by molar-refractivity contribution is -0.638. The van der Waals surface area contributed by atoms with Crippen LogP contribution >= 0.6 is 0 Å². The van der Waals surface area contributed by atoms with Gasteiger partial charge in [-0.15, -0.1) is 0 Å². The van der Waals surface area contributed by atoms with Crippen molar-refractivity contribution in [1.82, 2.24) is 0 Å². The summed E-state index contributed by atoms with van der Waals surface area (Å²) in [7, 11) is -0.303. The van der Waals surface area contributed by atoms with Gasteiger partial charge in [-0.25, -0.2) is 4.89 Å². The van der Waals surface area contributed by atoms with Gasteiger partial charge in [0, 0.05) is 24.7 Å². The minimum Gasteiger partial charge on any atom is -0.543 e. The summed E-state index contributed by atoms with van der Waals surface area (Å²) in [6, 6.07) is 8.11. The summed E-state index contributed by atoms with van der Waals surface area (Å²) in [5.41, 5.74) is -0.196. The quantitative estimate of drug-likeness (QED) is 0.120. The van der Waals surface area contributed by atoms with Crippen molar-refractivity contribution in [3.05, 3.63) is 29.8 Å². The molecule has 1 aliphatic rings. The molecule has 37 heavy (non-hydrogen) atoms. The van der Waals surface area contributed by atoms with Gasteiger partial charge in [0.05, 0.1) is 6.61 Å². The van der Waals surface area contributed by atoms with Crippen molar-refractivity contribution in [2.24, 2.45) is 5.41 Å². The van der Waals surface area contributed by atoms with Crippen molar-refractivity contribution >= 4 is 8.32 Å². The summed E-state index contributed by atoms with van der Waals surface area (Å²) < 4.78 is 19.0. The third-order valence-corrected chi connectivity index (χ3v) is 12.8. The zero-order chi connectivity index (χ0) is 27.8. The first-order valence-electron chi connectivity index (χ1n) is 14.6. The van der Waals surface area contributed by atoms with Crippen LogP contribution in [0.2, 0.25) is 18.1 Å². The lowest BCUT2D eigenvalue weighted by Gasteiger charge is -2.60. The Labute approximate surface area is 229 Å². The van der Waals surface area contributed by atoms with Crippen LogP contribution in [0.15, 0.2) is 24.3 Å². The molecule has 1 aromatic rings. The van der Waals surface area contributed by atoms with E-state index in [2.05, 4.69) is 61.6 Å². The number of unbranched alkanes of at least 4 members (excludes halogenated alkanes) is 8. The SMILES string of the molecule is CCCCCCCCCCCOCC1(C(C)(C)C)OOC1(OC)c1cccc(O[Si](C)(C)C(C)(C)C)c1. The van der Waals surface area contributed by atoms with Gasteiger partial charge in [0.15, 0.2) is 5.60 Å². The van der Waals surface area contributed by atoms with E-state index in [9.17, 15) is 0 Å². The number of hydrogen-bond donors (Lipinski definition) is 0. The van der Waals surface area contributed by atoms with Gasteiger partial charge in [0.2, 0.25) is 8.32 Å². The number of rotatable bonds is 16. The maximum absolute atomic E-state index is 6.60. The van der Waals surface area contributed by atoms with Crippen molar-refractivity contribution < 1.29 is 23.7 Å². The van der Waals surface area contributed by atoms with Gasteiger partial charge >= 0.3 is 0 Å². The van der Waals surface area contributed by atoms with E-state index in [1.54, 1.807) is 7.11 Å². The molecule has 0 amide bonds. The largest absolute Gasteiger partial charge is 0.543 e. The lowest BCUT2D eigenvalue weighted by atomic mass is 9.68. The average molecular weight is 537 g/mol. The Morgan fingerprint density at radius 2 is 1.43 bits per heavy atom. The van der Waals surface area contributed by atoms with Crippen LogP contribution in [0.5, 0.6) is 5.75 Å². The van der Waals surface area contributed by atoms with Gasteiger partial charge in [0.1, 0.15) is 5.75 Å². The highest BCUT2D eigenvalue weighted by atomic mass is 28.4. The zero-order valence-corrected chi connectivity index (χ0v) is 26.6. The Morgan fingerprint density at radius 1 is 0.838 bits per heavy atom. The fourth-order valence-corrected chi connectivity index (χ4v) is 5.74. The first-order chi connectivity index (χ1) is 17.3. The topological polar surface area (TPSA) is 46.2 Å². The second-order valence-corrected chi connectivity index (χ2v) is 18.1. The van der Waals surface area contributed by atoms with E-state index in [1.165, 1.54) is 51.4 Å². The molecule has 0 radical (unpaired) electrons. The fraction of sp³-hybridized carbons (Fsp3) is 0.806. The van der Waals surface area contributed by atoms with Crippen LogP contribution in [0.3, 0.4) is 0 Å².